The van der Waals surface area contributed by atoms with Crippen LogP contribution in [0.4, 0.5) is 5.69 Å². The molecule has 2 amide bonds. The summed E-state index contributed by atoms with van der Waals surface area (Å²) in [6, 6.07) is 15.3. The second-order valence-corrected chi connectivity index (χ2v) is 5.99. The maximum atomic E-state index is 12.4. The maximum Gasteiger partial charge on any atom is 0.265 e. The summed E-state index contributed by atoms with van der Waals surface area (Å²) in [7, 11) is 1.79. The highest BCUT2D eigenvalue weighted by Crippen LogP contribution is 2.30. The van der Waals surface area contributed by atoms with E-state index in [1.54, 1.807) is 31.0 Å². The van der Waals surface area contributed by atoms with Crippen LogP contribution in [0, 0.1) is 0 Å². The van der Waals surface area contributed by atoms with Gasteiger partial charge in [0, 0.05) is 13.6 Å². The van der Waals surface area contributed by atoms with Crippen molar-refractivity contribution in [2.45, 2.75) is 26.0 Å². The summed E-state index contributed by atoms with van der Waals surface area (Å²) in [5.74, 6) is 0.485. The van der Waals surface area contributed by atoms with Crippen molar-refractivity contribution in [2.24, 2.45) is 0 Å². The lowest BCUT2D eigenvalue weighted by Crippen LogP contribution is -2.34. The van der Waals surface area contributed by atoms with Crippen LogP contribution in [0.25, 0.3) is 0 Å². The lowest BCUT2D eigenvalue weighted by Gasteiger charge is -2.24. The first-order valence-corrected chi connectivity index (χ1v) is 7.91. The van der Waals surface area contributed by atoms with Crippen LogP contribution in [-0.4, -0.2) is 29.9 Å². The molecule has 0 aliphatic carbocycles. The van der Waals surface area contributed by atoms with E-state index in [-0.39, 0.29) is 18.2 Å². The Morgan fingerprint density at radius 1 is 1.17 bits per heavy atom. The number of carbonyl (C=O) groups excluding carboxylic acids is 2. The van der Waals surface area contributed by atoms with Gasteiger partial charge in [-0.05, 0) is 30.2 Å². The summed E-state index contributed by atoms with van der Waals surface area (Å²) in [5, 5.41) is 2.80. The number of likely N-dealkylation sites (N-methyl/N-ethyl adjacent to an activating group) is 1. The van der Waals surface area contributed by atoms with E-state index in [0.717, 1.165) is 11.1 Å². The fraction of sp³-hybridized carbons (Fsp3) is 0.263. The van der Waals surface area contributed by atoms with Crippen molar-refractivity contribution in [1.29, 1.82) is 0 Å². The first kappa shape index (κ1) is 16.1. The fourth-order valence-corrected chi connectivity index (χ4v) is 2.62. The summed E-state index contributed by atoms with van der Waals surface area (Å²) in [4.78, 5) is 25.8. The molecule has 3 rings (SSSR count). The van der Waals surface area contributed by atoms with Gasteiger partial charge in [-0.15, -0.1) is 0 Å². The molecule has 1 aliphatic rings. The second-order valence-electron chi connectivity index (χ2n) is 5.99. The molecule has 1 aliphatic heterocycles. The molecule has 0 saturated carbocycles. The summed E-state index contributed by atoms with van der Waals surface area (Å²) in [6.07, 6.45) is -0.218. The van der Waals surface area contributed by atoms with Gasteiger partial charge in [0.15, 0.2) is 6.10 Å². The molecular formula is C19H20N2O3. The van der Waals surface area contributed by atoms with Crippen molar-refractivity contribution in [1.82, 2.24) is 4.90 Å². The molecule has 2 aromatic carbocycles. The Morgan fingerprint density at radius 2 is 1.92 bits per heavy atom. The van der Waals surface area contributed by atoms with Crippen LogP contribution < -0.4 is 10.1 Å². The summed E-state index contributed by atoms with van der Waals surface area (Å²) >= 11 is 0. The van der Waals surface area contributed by atoms with E-state index in [9.17, 15) is 9.59 Å². The summed E-state index contributed by atoms with van der Waals surface area (Å²) < 4.78 is 5.52. The van der Waals surface area contributed by atoms with E-state index in [0.29, 0.717) is 18.0 Å². The van der Waals surface area contributed by atoms with E-state index in [4.69, 9.17) is 4.74 Å². The van der Waals surface area contributed by atoms with Crippen molar-refractivity contribution in [3.63, 3.8) is 0 Å². The number of hydrogen-bond acceptors (Lipinski definition) is 3. The van der Waals surface area contributed by atoms with Crippen LogP contribution >= 0.6 is 0 Å². The van der Waals surface area contributed by atoms with E-state index < -0.39 is 6.10 Å². The smallest absolute Gasteiger partial charge is 0.265 e. The molecule has 0 spiro atoms. The van der Waals surface area contributed by atoms with Gasteiger partial charge in [0.2, 0.25) is 5.91 Å². The zero-order chi connectivity index (χ0) is 17.1. The number of hydrogen-bond donors (Lipinski definition) is 1. The Morgan fingerprint density at radius 3 is 2.67 bits per heavy atom. The van der Waals surface area contributed by atoms with E-state index >= 15 is 0 Å². The molecule has 0 radical (unpaired) electrons. The third-order valence-electron chi connectivity index (χ3n) is 4.02. The average molecular weight is 324 g/mol. The number of benzene rings is 2. The van der Waals surface area contributed by atoms with Crippen molar-refractivity contribution >= 4 is 17.5 Å². The Bertz CT molecular complexity index is 758. The van der Waals surface area contributed by atoms with Crippen LogP contribution in [-0.2, 0) is 22.6 Å². The minimum atomic E-state index is -0.498. The number of anilines is 1. The number of ether oxygens (including phenoxy) is 1. The highest BCUT2D eigenvalue weighted by atomic mass is 16.5. The van der Waals surface area contributed by atoms with Crippen molar-refractivity contribution in [2.75, 3.05) is 12.4 Å². The highest BCUT2D eigenvalue weighted by Gasteiger charge is 2.23. The van der Waals surface area contributed by atoms with Gasteiger partial charge in [-0.1, -0.05) is 36.4 Å². The van der Waals surface area contributed by atoms with Gasteiger partial charge in [0.25, 0.3) is 5.91 Å². The van der Waals surface area contributed by atoms with E-state index in [2.05, 4.69) is 5.32 Å². The minimum absolute atomic E-state index is 0.0234. The van der Waals surface area contributed by atoms with Crippen molar-refractivity contribution < 1.29 is 14.3 Å². The number of nitrogens with one attached hydrogen (secondary N) is 1. The van der Waals surface area contributed by atoms with Gasteiger partial charge in [0.05, 0.1) is 12.1 Å². The number of nitrogens with zero attached hydrogens (tertiary/aromatic N) is 1. The van der Waals surface area contributed by atoms with E-state index in [1.807, 2.05) is 36.4 Å². The SMILES string of the molecule is CC1Oc2ccc(CC(=O)N(C)Cc3ccccc3)cc2NC1=O. The Labute approximate surface area is 141 Å². The van der Waals surface area contributed by atoms with Crippen LogP contribution in [0.1, 0.15) is 18.1 Å². The first-order chi connectivity index (χ1) is 11.5. The Hall–Kier alpha value is -2.82. The monoisotopic (exact) mass is 324 g/mol. The largest absolute Gasteiger partial charge is 0.479 e. The maximum absolute atomic E-state index is 12.4. The predicted molar refractivity (Wildman–Crippen MR) is 91.8 cm³/mol. The molecule has 5 nitrogen and oxygen atoms in total. The van der Waals surface area contributed by atoms with Crippen molar-refractivity contribution in [3.8, 4) is 5.75 Å². The second kappa shape index (κ2) is 6.74. The molecule has 1 heterocycles. The zero-order valence-electron chi connectivity index (χ0n) is 13.8. The molecule has 0 saturated heterocycles. The Kier molecular flexibility index (Phi) is 4.51. The average Bonchev–Trinajstić information content (AvgIpc) is 2.57. The Balaban J connectivity index is 1.66. The predicted octanol–water partition coefficient (Wildman–Crippen LogP) is 2.61. The fourth-order valence-electron chi connectivity index (χ4n) is 2.62. The van der Waals surface area contributed by atoms with E-state index in [1.165, 1.54) is 0 Å². The quantitative estimate of drug-likeness (QED) is 0.940. The summed E-state index contributed by atoms with van der Waals surface area (Å²) in [5.41, 5.74) is 2.56. The molecule has 5 heteroatoms. The normalized spacial score (nSPS) is 15.9. The van der Waals surface area contributed by atoms with Gasteiger partial charge in [0.1, 0.15) is 5.75 Å². The molecule has 0 bridgehead atoms. The molecule has 1 N–H and O–H groups in total. The topological polar surface area (TPSA) is 58.6 Å². The number of carbonyl (C=O) groups is 2. The van der Waals surface area contributed by atoms with Gasteiger partial charge < -0.3 is 15.0 Å². The molecule has 2 aromatic rings. The lowest BCUT2D eigenvalue weighted by molar-refractivity contribution is -0.129. The van der Waals surface area contributed by atoms with Crippen molar-refractivity contribution in [3.05, 3.63) is 59.7 Å². The number of rotatable bonds is 4. The molecule has 1 atom stereocenters. The first-order valence-electron chi connectivity index (χ1n) is 7.91. The highest BCUT2D eigenvalue weighted by molar-refractivity contribution is 5.97. The van der Waals surface area contributed by atoms with Crippen LogP contribution in [0.3, 0.4) is 0 Å². The van der Waals surface area contributed by atoms with Gasteiger partial charge in [-0.2, -0.15) is 0 Å². The molecule has 24 heavy (non-hydrogen) atoms. The van der Waals surface area contributed by atoms with Crippen LogP contribution in [0.5, 0.6) is 5.75 Å². The van der Waals surface area contributed by atoms with Gasteiger partial charge in [-0.3, -0.25) is 9.59 Å². The summed E-state index contributed by atoms with van der Waals surface area (Å²) in [6.45, 7) is 2.27. The number of fused-ring (bicyclic) bond motifs is 1. The standard InChI is InChI=1S/C19H20N2O3/c1-13-19(23)20-16-10-15(8-9-17(16)24-13)11-18(22)21(2)12-14-6-4-3-5-7-14/h3-10,13H,11-12H2,1-2H3,(H,20,23). The number of amides is 2. The zero-order valence-corrected chi connectivity index (χ0v) is 13.8. The third kappa shape index (κ3) is 3.56. The molecule has 1 unspecified atom stereocenters. The molecule has 124 valence electrons. The minimum Gasteiger partial charge on any atom is -0.479 e. The lowest BCUT2D eigenvalue weighted by atomic mass is 10.1. The van der Waals surface area contributed by atoms with Crippen LogP contribution in [0.2, 0.25) is 0 Å². The van der Waals surface area contributed by atoms with Crippen LogP contribution in [0.15, 0.2) is 48.5 Å². The molecule has 0 aromatic heterocycles. The van der Waals surface area contributed by atoms with Gasteiger partial charge in [-0.25, -0.2) is 0 Å². The molecular weight excluding hydrogens is 304 g/mol. The molecule has 0 fully saturated rings. The van der Waals surface area contributed by atoms with Gasteiger partial charge >= 0.3 is 0 Å². The third-order valence-corrected chi connectivity index (χ3v) is 4.02.